The van der Waals surface area contributed by atoms with E-state index in [2.05, 4.69) is 0 Å². The van der Waals surface area contributed by atoms with E-state index in [1.165, 1.54) is 0 Å². The molecule has 1 aromatic rings. The molecule has 0 amide bonds. The number of benzene rings is 1. The van der Waals surface area contributed by atoms with Gasteiger partial charge in [0.1, 0.15) is 6.04 Å². The molecule has 0 aliphatic carbocycles. The Labute approximate surface area is 83.3 Å². The van der Waals surface area contributed by atoms with Crippen molar-refractivity contribution in [3.05, 3.63) is 35.9 Å². The van der Waals surface area contributed by atoms with Crippen molar-refractivity contribution in [2.75, 3.05) is 7.05 Å². The van der Waals surface area contributed by atoms with E-state index in [1.54, 1.807) is 0 Å². The van der Waals surface area contributed by atoms with Crippen molar-refractivity contribution in [1.82, 2.24) is 4.90 Å². The Hall–Kier alpha value is -1.35. The smallest absolute Gasteiger partial charge is 0.329 e. The number of hydrogen-bond acceptors (Lipinski definition) is 3. The number of carbonyl (C=O) groups excluding carboxylic acids is 1. The van der Waals surface area contributed by atoms with Crippen molar-refractivity contribution in [2.24, 2.45) is 0 Å². The normalized spacial score (nSPS) is 27.7. The second-order valence-corrected chi connectivity index (χ2v) is 3.51. The van der Waals surface area contributed by atoms with Gasteiger partial charge in [0.15, 0.2) is 6.23 Å². The van der Waals surface area contributed by atoms with E-state index in [-0.39, 0.29) is 18.2 Å². The average Bonchev–Trinajstić information content (AvgIpc) is 2.43. The fourth-order valence-electron chi connectivity index (χ4n) is 1.70. The summed E-state index contributed by atoms with van der Waals surface area (Å²) in [6.07, 6.45) is -0.132. The molecule has 1 heterocycles. The van der Waals surface area contributed by atoms with Gasteiger partial charge in [-0.15, -0.1) is 0 Å². The molecular weight excluding hydrogens is 178 g/mol. The van der Waals surface area contributed by atoms with Crippen molar-refractivity contribution < 1.29 is 9.53 Å². The highest BCUT2D eigenvalue weighted by Gasteiger charge is 2.37. The van der Waals surface area contributed by atoms with E-state index in [1.807, 2.05) is 49.2 Å². The summed E-state index contributed by atoms with van der Waals surface area (Å²) in [5.41, 5.74) is 0.990. The lowest BCUT2D eigenvalue weighted by atomic mass is 10.1. The molecule has 3 heteroatoms. The zero-order valence-corrected chi connectivity index (χ0v) is 8.31. The van der Waals surface area contributed by atoms with Gasteiger partial charge in [-0.05, 0) is 19.5 Å². The predicted octanol–water partition coefficient (Wildman–Crippen LogP) is 1.56. The molecule has 0 saturated carbocycles. The van der Waals surface area contributed by atoms with Crippen LogP contribution in [0, 0.1) is 0 Å². The first-order valence-electron chi connectivity index (χ1n) is 4.67. The van der Waals surface area contributed by atoms with Gasteiger partial charge in [-0.25, -0.2) is 4.79 Å². The lowest BCUT2D eigenvalue weighted by molar-refractivity contribution is -0.142. The minimum Gasteiger partial charge on any atom is -0.445 e. The van der Waals surface area contributed by atoms with E-state index in [4.69, 9.17) is 4.74 Å². The molecule has 2 unspecified atom stereocenters. The Morgan fingerprint density at radius 1 is 1.29 bits per heavy atom. The van der Waals surface area contributed by atoms with Gasteiger partial charge < -0.3 is 4.74 Å². The number of cyclic esters (lactones) is 1. The summed E-state index contributed by atoms with van der Waals surface area (Å²) in [5, 5.41) is 0. The molecule has 3 nitrogen and oxygen atoms in total. The Bertz CT molecular complexity index is 336. The van der Waals surface area contributed by atoms with Crippen LogP contribution in [0.25, 0.3) is 0 Å². The summed E-state index contributed by atoms with van der Waals surface area (Å²) in [4.78, 5) is 13.5. The van der Waals surface area contributed by atoms with Crippen LogP contribution in [0.15, 0.2) is 30.3 Å². The summed E-state index contributed by atoms with van der Waals surface area (Å²) in [6, 6.07) is 9.44. The molecule has 0 bridgehead atoms. The standard InChI is InChI=1S/C11H13NO2/c1-8-12(2)10(11(13)14-8)9-6-4-3-5-7-9/h3-8,10H,1-2H3. The molecule has 1 aromatic carbocycles. The Morgan fingerprint density at radius 2 is 1.93 bits per heavy atom. The molecule has 0 aromatic heterocycles. The first kappa shape index (κ1) is 9.21. The van der Waals surface area contributed by atoms with Crippen LogP contribution in [0.1, 0.15) is 18.5 Å². The molecule has 1 fully saturated rings. The van der Waals surface area contributed by atoms with Crippen molar-refractivity contribution in [3.8, 4) is 0 Å². The van der Waals surface area contributed by atoms with Crippen LogP contribution >= 0.6 is 0 Å². The van der Waals surface area contributed by atoms with E-state index in [0.717, 1.165) is 5.56 Å². The number of nitrogens with zero attached hydrogens (tertiary/aromatic N) is 1. The molecule has 2 atom stereocenters. The summed E-state index contributed by atoms with van der Waals surface area (Å²) in [5.74, 6) is -0.161. The highest BCUT2D eigenvalue weighted by Crippen LogP contribution is 2.29. The Morgan fingerprint density at radius 3 is 2.43 bits per heavy atom. The van der Waals surface area contributed by atoms with Gasteiger partial charge in [-0.2, -0.15) is 0 Å². The largest absolute Gasteiger partial charge is 0.445 e. The van der Waals surface area contributed by atoms with Gasteiger partial charge in [-0.3, -0.25) is 4.90 Å². The third-order valence-corrected chi connectivity index (χ3v) is 2.61. The van der Waals surface area contributed by atoms with Crippen LogP contribution in [0.5, 0.6) is 0 Å². The number of likely N-dealkylation sites (N-methyl/N-ethyl adjacent to an activating group) is 1. The summed E-state index contributed by atoms with van der Waals surface area (Å²) in [6.45, 7) is 1.88. The molecule has 1 saturated heterocycles. The Balaban J connectivity index is 2.31. The molecule has 0 N–H and O–H groups in total. The van der Waals surface area contributed by atoms with E-state index in [0.29, 0.717) is 0 Å². The van der Waals surface area contributed by atoms with Crippen molar-refractivity contribution >= 4 is 5.97 Å². The summed E-state index contributed by atoms with van der Waals surface area (Å²) < 4.78 is 5.13. The van der Waals surface area contributed by atoms with Crippen molar-refractivity contribution in [2.45, 2.75) is 19.2 Å². The number of esters is 1. The average molecular weight is 191 g/mol. The maximum Gasteiger partial charge on any atom is 0.329 e. The van der Waals surface area contributed by atoms with Crippen LogP contribution in [0.4, 0.5) is 0 Å². The van der Waals surface area contributed by atoms with Crippen molar-refractivity contribution in [3.63, 3.8) is 0 Å². The van der Waals surface area contributed by atoms with Gasteiger partial charge >= 0.3 is 5.97 Å². The topological polar surface area (TPSA) is 29.5 Å². The maximum absolute atomic E-state index is 11.5. The van der Waals surface area contributed by atoms with Gasteiger partial charge in [-0.1, -0.05) is 30.3 Å². The number of hydrogen-bond donors (Lipinski definition) is 0. The molecule has 0 spiro atoms. The van der Waals surface area contributed by atoms with Crippen LogP contribution < -0.4 is 0 Å². The second kappa shape index (κ2) is 3.42. The predicted molar refractivity (Wildman–Crippen MR) is 52.5 cm³/mol. The molecule has 0 radical (unpaired) electrons. The summed E-state index contributed by atoms with van der Waals surface area (Å²) >= 11 is 0. The van der Waals surface area contributed by atoms with Crippen LogP contribution in [-0.2, 0) is 9.53 Å². The second-order valence-electron chi connectivity index (χ2n) is 3.51. The number of rotatable bonds is 1. The van der Waals surface area contributed by atoms with Gasteiger partial charge in [0, 0.05) is 0 Å². The Kier molecular flexibility index (Phi) is 2.25. The lowest BCUT2D eigenvalue weighted by Gasteiger charge is -2.17. The fraction of sp³-hybridized carbons (Fsp3) is 0.364. The van der Waals surface area contributed by atoms with E-state index >= 15 is 0 Å². The molecule has 2 rings (SSSR count). The van der Waals surface area contributed by atoms with Crippen LogP contribution in [-0.4, -0.2) is 24.1 Å². The highest BCUT2D eigenvalue weighted by molar-refractivity contribution is 5.79. The van der Waals surface area contributed by atoms with Gasteiger partial charge in [0.25, 0.3) is 0 Å². The van der Waals surface area contributed by atoms with Gasteiger partial charge in [0.05, 0.1) is 0 Å². The maximum atomic E-state index is 11.5. The zero-order chi connectivity index (χ0) is 10.1. The highest BCUT2D eigenvalue weighted by atomic mass is 16.6. The van der Waals surface area contributed by atoms with E-state index < -0.39 is 0 Å². The minimum absolute atomic E-state index is 0.132. The quantitative estimate of drug-likeness (QED) is 0.631. The summed E-state index contributed by atoms with van der Waals surface area (Å²) in [7, 11) is 1.90. The van der Waals surface area contributed by atoms with Crippen molar-refractivity contribution in [1.29, 1.82) is 0 Å². The monoisotopic (exact) mass is 191 g/mol. The third kappa shape index (κ3) is 1.40. The lowest BCUT2D eigenvalue weighted by Crippen LogP contribution is -2.26. The van der Waals surface area contributed by atoms with Gasteiger partial charge in [0.2, 0.25) is 0 Å². The molecule has 74 valence electrons. The van der Waals surface area contributed by atoms with Crippen LogP contribution in [0.2, 0.25) is 0 Å². The first-order valence-corrected chi connectivity index (χ1v) is 4.67. The van der Waals surface area contributed by atoms with E-state index in [9.17, 15) is 4.79 Å². The zero-order valence-electron chi connectivity index (χ0n) is 8.31. The fourth-order valence-corrected chi connectivity index (χ4v) is 1.70. The molecule has 14 heavy (non-hydrogen) atoms. The third-order valence-electron chi connectivity index (χ3n) is 2.61. The molecular formula is C11H13NO2. The minimum atomic E-state index is -0.244. The number of carbonyl (C=O) groups is 1. The first-order chi connectivity index (χ1) is 6.70. The molecule has 1 aliphatic rings. The SMILES string of the molecule is CC1OC(=O)C(c2ccccc2)N1C. The van der Waals surface area contributed by atoms with Crippen LogP contribution in [0.3, 0.4) is 0 Å². The molecule has 1 aliphatic heterocycles. The number of ether oxygens (including phenoxy) is 1.